The van der Waals surface area contributed by atoms with E-state index in [9.17, 15) is 4.79 Å². The molecular weight excluding hydrogens is 314 g/mol. The van der Waals surface area contributed by atoms with E-state index in [4.69, 9.17) is 4.42 Å². The lowest BCUT2D eigenvalue weighted by atomic mass is 10.1. The largest absolute Gasteiger partial charge is 0.459 e. The van der Waals surface area contributed by atoms with Crippen molar-refractivity contribution >= 4 is 27.3 Å². The van der Waals surface area contributed by atoms with Gasteiger partial charge in [-0.25, -0.2) is 0 Å². The molecule has 0 aliphatic heterocycles. The van der Waals surface area contributed by atoms with E-state index in [2.05, 4.69) is 20.6 Å². The highest BCUT2D eigenvalue weighted by Crippen LogP contribution is 2.24. The number of nitrogens with one attached hydrogen (secondary N) is 1. The van der Waals surface area contributed by atoms with Crippen LogP contribution in [-0.2, 0) is 0 Å². The van der Waals surface area contributed by atoms with Crippen LogP contribution >= 0.6 is 11.3 Å². The zero-order valence-corrected chi connectivity index (χ0v) is 12.9. The number of nitrogens with zero attached hydrogens (tertiary/aromatic N) is 4. The molecule has 0 bridgehead atoms. The van der Waals surface area contributed by atoms with E-state index in [0.29, 0.717) is 15.9 Å². The van der Waals surface area contributed by atoms with E-state index < -0.39 is 0 Å². The topological polar surface area (TPSA) is 85.3 Å². The average Bonchev–Trinajstić information content (AvgIpc) is 3.23. The van der Waals surface area contributed by atoms with Crippen molar-refractivity contribution < 1.29 is 9.21 Å². The minimum Gasteiger partial charge on any atom is -0.459 e. The van der Waals surface area contributed by atoms with Crippen LogP contribution in [0.3, 0.4) is 0 Å². The summed E-state index contributed by atoms with van der Waals surface area (Å²) in [5.41, 5.74) is 2.05. The van der Waals surface area contributed by atoms with Crippen LogP contribution < -0.4 is 5.32 Å². The van der Waals surface area contributed by atoms with Crippen molar-refractivity contribution in [1.82, 2.24) is 19.8 Å². The molecule has 1 amide bonds. The fourth-order valence-electron chi connectivity index (χ4n) is 2.20. The van der Waals surface area contributed by atoms with Crippen LogP contribution in [0, 0.1) is 6.92 Å². The van der Waals surface area contributed by atoms with Gasteiger partial charge in [0.15, 0.2) is 11.6 Å². The van der Waals surface area contributed by atoms with E-state index in [1.165, 1.54) is 17.6 Å². The highest BCUT2D eigenvalue weighted by Gasteiger charge is 2.16. The summed E-state index contributed by atoms with van der Waals surface area (Å²) < 4.78 is 6.68. The number of benzene rings is 1. The molecule has 23 heavy (non-hydrogen) atoms. The number of carbonyl (C=O) groups is 1. The van der Waals surface area contributed by atoms with Crippen molar-refractivity contribution in [3.05, 3.63) is 54.0 Å². The average molecular weight is 325 g/mol. The molecule has 8 heteroatoms. The Kier molecular flexibility index (Phi) is 3.16. The van der Waals surface area contributed by atoms with Gasteiger partial charge in [-0.1, -0.05) is 35.1 Å². The summed E-state index contributed by atoms with van der Waals surface area (Å²) in [6, 6.07) is 11.2. The molecule has 3 aromatic heterocycles. The molecule has 0 aliphatic carbocycles. The molecule has 4 rings (SSSR count). The standard InChI is InChI=1S/C15H11N5O2S/c1-9-4-2-5-10(8-9)12-17-18-15-20(12)19-14(23-15)16-13(21)11-6-3-7-22-11/h2-8H,1H3,(H,16,19,21). The number of amides is 1. The lowest BCUT2D eigenvalue weighted by Crippen LogP contribution is -2.10. The molecule has 114 valence electrons. The Bertz CT molecular complexity index is 987. The third-order valence-electron chi connectivity index (χ3n) is 3.23. The number of rotatable bonds is 3. The Morgan fingerprint density at radius 1 is 1.26 bits per heavy atom. The number of hydrogen-bond acceptors (Lipinski definition) is 6. The van der Waals surface area contributed by atoms with E-state index in [-0.39, 0.29) is 11.7 Å². The summed E-state index contributed by atoms with van der Waals surface area (Å²) in [4.78, 5) is 12.6. The lowest BCUT2D eigenvalue weighted by Gasteiger charge is -1.99. The maximum Gasteiger partial charge on any atom is 0.293 e. The molecule has 4 aromatic rings. The monoisotopic (exact) mass is 325 g/mol. The highest BCUT2D eigenvalue weighted by atomic mass is 32.1. The summed E-state index contributed by atoms with van der Waals surface area (Å²) >= 11 is 1.25. The number of fused-ring (bicyclic) bond motifs is 1. The lowest BCUT2D eigenvalue weighted by molar-refractivity contribution is 0.0996. The Hall–Kier alpha value is -3.00. The van der Waals surface area contributed by atoms with E-state index in [0.717, 1.165) is 11.1 Å². The van der Waals surface area contributed by atoms with Gasteiger partial charge >= 0.3 is 0 Å². The highest BCUT2D eigenvalue weighted by molar-refractivity contribution is 7.20. The van der Waals surface area contributed by atoms with E-state index in [1.54, 1.807) is 16.6 Å². The van der Waals surface area contributed by atoms with Crippen molar-refractivity contribution in [1.29, 1.82) is 0 Å². The molecule has 1 N–H and O–H groups in total. The first-order valence-corrected chi connectivity index (χ1v) is 7.66. The SMILES string of the molecule is Cc1cccc(-c2nnc3sc(NC(=O)c4ccco4)nn23)c1. The number of anilines is 1. The number of hydrogen-bond donors (Lipinski definition) is 1. The first kappa shape index (κ1) is 13.6. The van der Waals surface area contributed by atoms with Gasteiger partial charge in [0.25, 0.3) is 5.91 Å². The Morgan fingerprint density at radius 3 is 2.96 bits per heavy atom. The molecule has 0 atom stereocenters. The fraction of sp³-hybridized carbons (Fsp3) is 0.0667. The third-order valence-corrected chi connectivity index (χ3v) is 4.05. The Morgan fingerprint density at radius 2 is 2.17 bits per heavy atom. The number of furan rings is 1. The van der Waals surface area contributed by atoms with Crippen molar-refractivity contribution in [3.8, 4) is 11.4 Å². The fourth-order valence-corrected chi connectivity index (χ4v) is 2.93. The summed E-state index contributed by atoms with van der Waals surface area (Å²) in [6.07, 6.45) is 1.45. The van der Waals surface area contributed by atoms with Gasteiger partial charge in [-0.15, -0.1) is 15.3 Å². The summed E-state index contributed by atoms with van der Waals surface area (Å²) in [5, 5.41) is 15.8. The molecular formula is C15H11N5O2S. The van der Waals surface area contributed by atoms with Crippen LogP contribution in [0.1, 0.15) is 16.1 Å². The van der Waals surface area contributed by atoms with Gasteiger partial charge in [-0.05, 0) is 25.1 Å². The van der Waals surface area contributed by atoms with Crippen molar-refractivity contribution in [3.63, 3.8) is 0 Å². The summed E-state index contributed by atoms with van der Waals surface area (Å²) in [6.45, 7) is 2.01. The van der Waals surface area contributed by atoms with Crippen molar-refractivity contribution in [2.45, 2.75) is 6.92 Å². The summed E-state index contributed by atoms with van der Waals surface area (Å²) in [5.74, 6) is 0.519. The van der Waals surface area contributed by atoms with E-state index in [1.807, 2.05) is 31.2 Å². The number of carbonyl (C=O) groups excluding carboxylic acids is 1. The molecule has 0 saturated heterocycles. The molecule has 0 aliphatic rings. The van der Waals surface area contributed by atoms with Crippen molar-refractivity contribution in [2.24, 2.45) is 0 Å². The van der Waals surface area contributed by atoms with Gasteiger partial charge < -0.3 is 4.42 Å². The Balaban J connectivity index is 1.68. The van der Waals surface area contributed by atoms with Crippen LogP contribution in [0.15, 0.2) is 47.1 Å². The molecule has 0 saturated carbocycles. The van der Waals surface area contributed by atoms with Gasteiger partial charge in [-0.2, -0.15) is 4.52 Å². The molecule has 0 fully saturated rings. The first-order valence-electron chi connectivity index (χ1n) is 6.85. The van der Waals surface area contributed by atoms with Crippen LogP contribution in [0.25, 0.3) is 16.3 Å². The van der Waals surface area contributed by atoms with Gasteiger partial charge in [0.1, 0.15) is 0 Å². The van der Waals surface area contributed by atoms with Gasteiger partial charge in [0, 0.05) is 5.56 Å². The van der Waals surface area contributed by atoms with Gasteiger partial charge in [0.2, 0.25) is 10.1 Å². The zero-order chi connectivity index (χ0) is 15.8. The zero-order valence-electron chi connectivity index (χ0n) is 12.1. The van der Waals surface area contributed by atoms with Crippen LogP contribution in [0.5, 0.6) is 0 Å². The molecule has 1 aromatic carbocycles. The molecule has 0 spiro atoms. The van der Waals surface area contributed by atoms with Gasteiger partial charge in [0.05, 0.1) is 6.26 Å². The molecule has 0 unspecified atom stereocenters. The van der Waals surface area contributed by atoms with Crippen LogP contribution in [-0.4, -0.2) is 25.7 Å². The maximum atomic E-state index is 12.0. The van der Waals surface area contributed by atoms with Crippen molar-refractivity contribution in [2.75, 3.05) is 5.32 Å². The van der Waals surface area contributed by atoms with Gasteiger partial charge in [-0.3, -0.25) is 10.1 Å². The Labute approximate surface area is 134 Å². The second-order valence-electron chi connectivity index (χ2n) is 4.93. The molecule has 0 radical (unpaired) electrons. The van der Waals surface area contributed by atoms with Crippen LogP contribution in [0.4, 0.5) is 5.13 Å². The smallest absolute Gasteiger partial charge is 0.293 e. The first-order chi connectivity index (χ1) is 11.2. The predicted molar refractivity (Wildman–Crippen MR) is 85.5 cm³/mol. The van der Waals surface area contributed by atoms with Crippen LogP contribution in [0.2, 0.25) is 0 Å². The summed E-state index contributed by atoms with van der Waals surface area (Å²) in [7, 11) is 0. The minimum atomic E-state index is -0.350. The third kappa shape index (κ3) is 2.49. The minimum absolute atomic E-state index is 0.231. The molecule has 7 nitrogen and oxygen atoms in total. The second-order valence-corrected chi connectivity index (χ2v) is 5.88. The normalized spacial score (nSPS) is 11.0. The maximum absolute atomic E-state index is 12.0. The number of aromatic nitrogens is 4. The quantitative estimate of drug-likeness (QED) is 0.626. The number of aryl methyl sites for hydroxylation is 1. The van der Waals surface area contributed by atoms with E-state index >= 15 is 0 Å². The second kappa shape index (κ2) is 5.33. The molecule has 3 heterocycles. The predicted octanol–water partition coefficient (Wildman–Crippen LogP) is 3.01.